The topological polar surface area (TPSA) is 73.2 Å². The van der Waals surface area contributed by atoms with Crippen molar-refractivity contribution in [2.24, 2.45) is 7.05 Å². The summed E-state index contributed by atoms with van der Waals surface area (Å²) in [6.45, 7) is 5.41. The Morgan fingerprint density at radius 2 is 1.83 bits per heavy atom. The van der Waals surface area contributed by atoms with Crippen LogP contribution in [0, 0.1) is 20.8 Å². The van der Waals surface area contributed by atoms with Gasteiger partial charge in [-0.3, -0.25) is 14.3 Å². The number of hydrogen-bond donors (Lipinski definition) is 1. The molecule has 1 aromatic carbocycles. The maximum absolute atomic E-state index is 11.9. The first-order valence-electron chi connectivity index (χ1n) is 7.38. The van der Waals surface area contributed by atoms with Crippen molar-refractivity contribution in [3.05, 3.63) is 46.8 Å². The fourth-order valence-electron chi connectivity index (χ4n) is 2.25. The standard InChI is InChI=1S/C17H21N3O3/c1-11-5-7-14(8-6-11)18-16(21)10-23-17(22)9-15-12(2)19-20(4)13(15)3/h5-8H,9-10H2,1-4H3,(H,18,21). The first-order valence-corrected chi connectivity index (χ1v) is 7.38. The van der Waals surface area contributed by atoms with E-state index in [1.54, 1.807) is 16.8 Å². The van der Waals surface area contributed by atoms with Gasteiger partial charge in [0.15, 0.2) is 6.61 Å². The fourth-order valence-corrected chi connectivity index (χ4v) is 2.25. The molecule has 0 atom stereocenters. The molecule has 6 heteroatoms. The Hall–Kier alpha value is -2.63. The Labute approximate surface area is 135 Å². The highest BCUT2D eigenvalue weighted by molar-refractivity contribution is 5.92. The number of aromatic nitrogens is 2. The molecular formula is C17H21N3O3. The molecule has 1 N–H and O–H groups in total. The molecule has 2 aromatic rings. The third-order valence-corrected chi connectivity index (χ3v) is 3.68. The lowest BCUT2D eigenvalue weighted by Gasteiger charge is -2.07. The van der Waals surface area contributed by atoms with Gasteiger partial charge in [0.25, 0.3) is 5.91 Å². The van der Waals surface area contributed by atoms with Crippen LogP contribution in [-0.2, 0) is 27.8 Å². The van der Waals surface area contributed by atoms with Crippen LogP contribution in [0.1, 0.15) is 22.5 Å². The number of benzene rings is 1. The minimum absolute atomic E-state index is 0.114. The van der Waals surface area contributed by atoms with Gasteiger partial charge in [0.05, 0.1) is 12.1 Å². The number of esters is 1. The van der Waals surface area contributed by atoms with E-state index in [1.807, 2.05) is 40.0 Å². The molecule has 1 amide bonds. The second kappa shape index (κ2) is 7.09. The largest absolute Gasteiger partial charge is 0.455 e. The van der Waals surface area contributed by atoms with Crippen molar-refractivity contribution in [3.63, 3.8) is 0 Å². The van der Waals surface area contributed by atoms with Crippen molar-refractivity contribution in [3.8, 4) is 0 Å². The fraction of sp³-hybridized carbons (Fsp3) is 0.353. The Kier molecular flexibility index (Phi) is 5.16. The number of nitrogens with zero attached hydrogens (tertiary/aromatic N) is 2. The maximum atomic E-state index is 11.9. The summed E-state index contributed by atoms with van der Waals surface area (Å²) < 4.78 is 6.76. The second-order valence-electron chi connectivity index (χ2n) is 5.52. The summed E-state index contributed by atoms with van der Waals surface area (Å²) in [6, 6.07) is 7.40. The van der Waals surface area contributed by atoms with Crippen molar-refractivity contribution in [2.45, 2.75) is 27.2 Å². The van der Waals surface area contributed by atoms with Gasteiger partial charge < -0.3 is 10.1 Å². The SMILES string of the molecule is Cc1ccc(NC(=O)COC(=O)Cc2c(C)nn(C)c2C)cc1. The minimum Gasteiger partial charge on any atom is -0.455 e. The zero-order chi connectivity index (χ0) is 17.0. The summed E-state index contributed by atoms with van der Waals surface area (Å²) in [4.78, 5) is 23.7. The number of anilines is 1. The first kappa shape index (κ1) is 16.7. The van der Waals surface area contributed by atoms with E-state index in [0.717, 1.165) is 22.5 Å². The van der Waals surface area contributed by atoms with Crippen molar-refractivity contribution < 1.29 is 14.3 Å². The van der Waals surface area contributed by atoms with Gasteiger partial charge in [-0.25, -0.2) is 0 Å². The quantitative estimate of drug-likeness (QED) is 0.857. The Balaban J connectivity index is 1.84. The Morgan fingerprint density at radius 3 is 2.39 bits per heavy atom. The van der Waals surface area contributed by atoms with Crippen molar-refractivity contribution >= 4 is 17.6 Å². The average Bonchev–Trinajstić information content (AvgIpc) is 2.74. The van der Waals surface area contributed by atoms with E-state index in [-0.39, 0.29) is 18.9 Å². The molecule has 6 nitrogen and oxygen atoms in total. The molecule has 2 rings (SSSR count). The Morgan fingerprint density at radius 1 is 1.17 bits per heavy atom. The number of hydrogen-bond acceptors (Lipinski definition) is 4. The minimum atomic E-state index is -0.441. The molecule has 0 spiro atoms. The van der Waals surface area contributed by atoms with Crippen LogP contribution < -0.4 is 5.32 Å². The maximum Gasteiger partial charge on any atom is 0.310 e. The first-order chi connectivity index (χ1) is 10.9. The number of nitrogens with one attached hydrogen (secondary N) is 1. The molecule has 0 aliphatic carbocycles. The summed E-state index contributed by atoms with van der Waals surface area (Å²) in [5, 5.41) is 6.93. The van der Waals surface area contributed by atoms with Gasteiger partial charge in [-0.1, -0.05) is 17.7 Å². The van der Waals surface area contributed by atoms with Gasteiger partial charge >= 0.3 is 5.97 Å². The summed E-state index contributed by atoms with van der Waals surface area (Å²) >= 11 is 0. The van der Waals surface area contributed by atoms with Crippen molar-refractivity contribution in [1.29, 1.82) is 0 Å². The molecule has 23 heavy (non-hydrogen) atoms. The number of carbonyl (C=O) groups is 2. The molecule has 0 fully saturated rings. The summed E-state index contributed by atoms with van der Waals surface area (Å²) in [5.41, 5.74) is 4.35. The zero-order valence-electron chi connectivity index (χ0n) is 13.8. The molecule has 0 bridgehead atoms. The monoisotopic (exact) mass is 315 g/mol. The van der Waals surface area contributed by atoms with Gasteiger partial charge in [0, 0.05) is 24.0 Å². The highest BCUT2D eigenvalue weighted by atomic mass is 16.5. The predicted octanol–water partition coefficient (Wildman–Crippen LogP) is 2.07. The zero-order valence-corrected chi connectivity index (χ0v) is 13.8. The van der Waals surface area contributed by atoms with Crippen LogP contribution >= 0.6 is 0 Å². The smallest absolute Gasteiger partial charge is 0.310 e. The van der Waals surface area contributed by atoms with E-state index in [0.29, 0.717) is 5.69 Å². The van der Waals surface area contributed by atoms with Crippen molar-refractivity contribution in [1.82, 2.24) is 9.78 Å². The van der Waals surface area contributed by atoms with E-state index in [1.165, 1.54) is 0 Å². The number of amides is 1. The number of carbonyl (C=O) groups excluding carboxylic acids is 2. The lowest BCUT2D eigenvalue weighted by molar-refractivity contribution is -0.146. The summed E-state index contributed by atoms with van der Waals surface area (Å²) in [7, 11) is 1.83. The number of rotatable bonds is 5. The molecule has 0 aliphatic rings. The molecular weight excluding hydrogens is 294 g/mol. The molecule has 0 radical (unpaired) electrons. The van der Waals surface area contributed by atoms with E-state index in [4.69, 9.17) is 4.74 Å². The number of ether oxygens (including phenoxy) is 1. The molecule has 0 saturated heterocycles. The van der Waals surface area contributed by atoms with Crippen molar-refractivity contribution in [2.75, 3.05) is 11.9 Å². The third kappa shape index (κ3) is 4.42. The lowest BCUT2D eigenvalue weighted by atomic mass is 10.1. The highest BCUT2D eigenvalue weighted by Crippen LogP contribution is 2.13. The van der Waals surface area contributed by atoms with E-state index in [9.17, 15) is 9.59 Å². The molecule has 122 valence electrons. The summed E-state index contributed by atoms with van der Waals surface area (Å²) in [6.07, 6.45) is 0.114. The summed E-state index contributed by atoms with van der Waals surface area (Å²) in [5.74, 6) is -0.801. The van der Waals surface area contributed by atoms with Gasteiger partial charge in [0.2, 0.25) is 0 Å². The van der Waals surface area contributed by atoms with Crippen LogP contribution in [0.2, 0.25) is 0 Å². The lowest BCUT2D eigenvalue weighted by Crippen LogP contribution is -2.21. The second-order valence-corrected chi connectivity index (χ2v) is 5.52. The van der Waals surface area contributed by atoms with Crippen LogP contribution in [-0.4, -0.2) is 28.3 Å². The molecule has 0 saturated carbocycles. The van der Waals surface area contributed by atoms with Gasteiger partial charge in [0.1, 0.15) is 0 Å². The van der Waals surface area contributed by atoms with Gasteiger partial charge in [-0.05, 0) is 32.9 Å². The van der Waals surface area contributed by atoms with Crippen LogP contribution in [0.5, 0.6) is 0 Å². The van der Waals surface area contributed by atoms with Crippen LogP contribution in [0.3, 0.4) is 0 Å². The van der Waals surface area contributed by atoms with Crippen LogP contribution in [0.15, 0.2) is 24.3 Å². The van der Waals surface area contributed by atoms with E-state index in [2.05, 4.69) is 10.4 Å². The number of aryl methyl sites for hydroxylation is 3. The normalized spacial score (nSPS) is 10.4. The third-order valence-electron chi connectivity index (χ3n) is 3.68. The van der Waals surface area contributed by atoms with Gasteiger partial charge in [-0.2, -0.15) is 5.10 Å². The average molecular weight is 315 g/mol. The predicted molar refractivity (Wildman–Crippen MR) is 87.2 cm³/mol. The molecule has 1 heterocycles. The Bertz CT molecular complexity index is 717. The van der Waals surface area contributed by atoms with E-state index >= 15 is 0 Å². The molecule has 0 aliphatic heterocycles. The van der Waals surface area contributed by atoms with Crippen LogP contribution in [0.25, 0.3) is 0 Å². The molecule has 0 unspecified atom stereocenters. The molecule has 1 aromatic heterocycles. The highest BCUT2D eigenvalue weighted by Gasteiger charge is 2.15. The van der Waals surface area contributed by atoms with E-state index < -0.39 is 5.97 Å². The van der Waals surface area contributed by atoms with Crippen LogP contribution in [0.4, 0.5) is 5.69 Å². The van der Waals surface area contributed by atoms with Gasteiger partial charge in [-0.15, -0.1) is 0 Å².